The third-order valence-corrected chi connectivity index (χ3v) is 3.80. The lowest BCUT2D eigenvalue weighted by Crippen LogP contribution is -2.08. The Labute approximate surface area is 138 Å². The van der Waals surface area contributed by atoms with Gasteiger partial charge in [-0.3, -0.25) is 0 Å². The number of rotatable bonds is 3. The lowest BCUT2D eigenvalue weighted by molar-refractivity contribution is 0.0729. The number of carbonyl (C=O) groups excluding carboxylic acids is 1. The molecular formula is C19H14N2O3. The van der Waals surface area contributed by atoms with Crippen molar-refractivity contribution < 1.29 is 14.3 Å². The molecule has 0 unspecified atom stereocenters. The minimum atomic E-state index is -0.485. The summed E-state index contributed by atoms with van der Waals surface area (Å²) in [4.78, 5) is 16.6. The maximum absolute atomic E-state index is 12.3. The summed E-state index contributed by atoms with van der Waals surface area (Å²) in [7, 11) is 1.62. The van der Waals surface area contributed by atoms with Crippen LogP contribution in [-0.2, 0) is 0 Å². The predicted molar refractivity (Wildman–Crippen MR) is 90.7 cm³/mol. The summed E-state index contributed by atoms with van der Waals surface area (Å²) in [5, 5.41) is 1.98. The highest BCUT2D eigenvalue weighted by Gasteiger charge is 2.13. The summed E-state index contributed by atoms with van der Waals surface area (Å²) < 4.78 is 12.5. The van der Waals surface area contributed by atoms with E-state index in [0.29, 0.717) is 11.4 Å². The molecule has 0 bridgehead atoms. The topological polar surface area (TPSA) is 52.8 Å². The molecule has 0 saturated carbocycles. The molecule has 0 fully saturated rings. The molecule has 118 valence electrons. The monoisotopic (exact) mass is 318 g/mol. The van der Waals surface area contributed by atoms with Gasteiger partial charge < -0.3 is 13.9 Å². The van der Waals surface area contributed by atoms with Gasteiger partial charge in [0.2, 0.25) is 0 Å². The van der Waals surface area contributed by atoms with E-state index in [-0.39, 0.29) is 5.69 Å². The molecule has 0 aliphatic carbocycles. The summed E-state index contributed by atoms with van der Waals surface area (Å²) in [6, 6.07) is 16.8. The van der Waals surface area contributed by atoms with Crippen molar-refractivity contribution in [1.82, 2.24) is 9.38 Å². The van der Waals surface area contributed by atoms with Crippen LogP contribution >= 0.6 is 0 Å². The summed E-state index contributed by atoms with van der Waals surface area (Å²) in [5.41, 5.74) is 0.972. The SMILES string of the molecule is COc1ccc2ccc(OC(=O)c3cn4ccccc4n3)cc2c1. The molecule has 2 heterocycles. The number of pyridine rings is 1. The van der Waals surface area contributed by atoms with Crippen LogP contribution in [0.5, 0.6) is 11.5 Å². The number of nitrogens with zero attached hydrogens (tertiary/aromatic N) is 2. The second-order valence-corrected chi connectivity index (χ2v) is 5.36. The zero-order chi connectivity index (χ0) is 16.5. The maximum Gasteiger partial charge on any atom is 0.363 e. The maximum atomic E-state index is 12.3. The van der Waals surface area contributed by atoms with Gasteiger partial charge in [0, 0.05) is 12.4 Å². The van der Waals surface area contributed by atoms with Gasteiger partial charge in [0.1, 0.15) is 17.1 Å². The van der Waals surface area contributed by atoms with Crippen LogP contribution < -0.4 is 9.47 Å². The van der Waals surface area contributed by atoms with Crippen LogP contribution in [-0.4, -0.2) is 22.5 Å². The molecule has 0 amide bonds. The number of ether oxygens (including phenoxy) is 2. The average Bonchev–Trinajstić information content (AvgIpc) is 3.05. The van der Waals surface area contributed by atoms with E-state index in [4.69, 9.17) is 9.47 Å². The zero-order valence-electron chi connectivity index (χ0n) is 13.0. The fourth-order valence-electron chi connectivity index (χ4n) is 2.59. The number of aromatic nitrogens is 2. The third-order valence-electron chi connectivity index (χ3n) is 3.80. The molecule has 0 spiro atoms. The first-order valence-corrected chi connectivity index (χ1v) is 7.47. The van der Waals surface area contributed by atoms with Gasteiger partial charge in [-0.2, -0.15) is 0 Å². The lowest BCUT2D eigenvalue weighted by atomic mass is 10.1. The number of imidazole rings is 1. The molecule has 0 radical (unpaired) electrons. The van der Waals surface area contributed by atoms with Gasteiger partial charge in [0.25, 0.3) is 0 Å². The molecule has 4 aromatic rings. The highest BCUT2D eigenvalue weighted by Crippen LogP contribution is 2.25. The molecule has 0 aliphatic heterocycles. The van der Waals surface area contributed by atoms with Crippen LogP contribution in [0.15, 0.2) is 67.0 Å². The normalized spacial score (nSPS) is 10.9. The fraction of sp³-hybridized carbons (Fsp3) is 0.0526. The van der Waals surface area contributed by atoms with Crippen LogP contribution in [0.1, 0.15) is 10.5 Å². The van der Waals surface area contributed by atoms with Gasteiger partial charge in [-0.25, -0.2) is 9.78 Å². The van der Waals surface area contributed by atoms with Gasteiger partial charge in [0.05, 0.1) is 7.11 Å². The first-order valence-electron chi connectivity index (χ1n) is 7.47. The summed E-state index contributed by atoms with van der Waals surface area (Å²) in [5.74, 6) is 0.741. The Morgan fingerprint density at radius 2 is 1.79 bits per heavy atom. The van der Waals surface area contributed by atoms with Crippen LogP contribution in [0.2, 0.25) is 0 Å². The molecule has 2 aromatic heterocycles. The Bertz CT molecular complexity index is 1020. The van der Waals surface area contributed by atoms with Crippen molar-refractivity contribution in [3.8, 4) is 11.5 Å². The molecule has 2 aromatic carbocycles. The molecule has 0 atom stereocenters. The van der Waals surface area contributed by atoms with Crippen molar-refractivity contribution in [2.45, 2.75) is 0 Å². The molecule has 0 aliphatic rings. The Morgan fingerprint density at radius 3 is 2.58 bits per heavy atom. The van der Waals surface area contributed by atoms with E-state index in [1.807, 2.05) is 54.7 Å². The molecule has 5 nitrogen and oxygen atoms in total. The second kappa shape index (κ2) is 5.70. The van der Waals surface area contributed by atoms with Crippen molar-refractivity contribution in [1.29, 1.82) is 0 Å². The highest BCUT2D eigenvalue weighted by molar-refractivity contribution is 5.91. The molecule has 5 heteroatoms. The van der Waals surface area contributed by atoms with Crippen molar-refractivity contribution in [3.63, 3.8) is 0 Å². The summed E-state index contributed by atoms with van der Waals surface area (Å²) in [6.07, 6.45) is 3.49. The van der Waals surface area contributed by atoms with E-state index in [9.17, 15) is 4.79 Å². The van der Waals surface area contributed by atoms with E-state index in [1.165, 1.54) is 0 Å². The first-order chi connectivity index (χ1) is 11.7. The number of benzene rings is 2. The van der Waals surface area contributed by atoms with Gasteiger partial charge in [0.15, 0.2) is 5.69 Å². The summed E-state index contributed by atoms with van der Waals surface area (Å²) >= 11 is 0. The van der Waals surface area contributed by atoms with E-state index >= 15 is 0 Å². The van der Waals surface area contributed by atoms with Crippen molar-refractivity contribution in [2.75, 3.05) is 7.11 Å². The molecule has 0 N–H and O–H groups in total. The van der Waals surface area contributed by atoms with Gasteiger partial charge in [-0.05, 0) is 47.2 Å². The van der Waals surface area contributed by atoms with Gasteiger partial charge >= 0.3 is 5.97 Å². The largest absolute Gasteiger partial charge is 0.497 e. The number of hydrogen-bond acceptors (Lipinski definition) is 4. The van der Waals surface area contributed by atoms with Crippen molar-refractivity contribution >= 4 is 22.4 Å². The number of carbonyl (C=O) groups is 1. The number of esters is 1. The standard InChI is InChI=1S/C19H14N2O3/c1-23-15-7-5-13-6-8-16(11-14(13)10-15)24-19(22)17-12-21-9-3-2-4-18(21)20-17/h2-12H,1H3. The molecule has 24 heavy (non-hydrogen) atoms. The van der Waals surface area contributed by atoms with E-state index in [2.05, 4.69) is 4.98 Å². The van der Waals surface area contributed by atoms with E-state index in [0.717, 1.165) is 16.5 Å². The summed E-state index contributed by atoms with van der Waals surface area (Å²) in [6.45, 7) is 0. The zero-order valence-corrected chi connectivity index (χ0v) is 13.0. The van der Waals surface area contributed by atoms with Gasteiger partial charge in [-0.1, -0.05) is 18.2 Å². The molecule has 4 rings (SSSR count). The van der Waals surface area contributed by atoms with Crippen LogP contribution in [0.25, 0.3) is 16.4 Å². The minimum absolute atomic E-state index is 0.270. The van der Waals surface area contributed by atoms with Crippen molar-refractivity contribution in [2.24, 2.45) is 0 Å². The molecular weight excluding hydrogens is 304 g/mol. The third kappa shape index (κ3) is 2.56. The van der Waals surface area contributed by atoms with E-state index in [1.54, 1.807) is 23.8 Å². The highest BCUT2D eigenvalue weighted by atomic mass is 16.5. The van der Waals surface area contributed by atoms with Crippen LogP contribution in [0, 0.1) is 0 Å². The second-order valence-electron chi connectivity index (χ2n) is 5.36. The smallest absolute Gasteiger partial charge is 0.363 e. The Hall–Kier alpha value is -3.34. The average molecular weight is 318 g/mol. The fourth-order valence-corrected chi connectivity index (χ4v) is 2.59. The van der Waals surface area contributed by atoms with Crippen LogP contribution in [0.4, 0.5) is 0 Å². The van der Waals surface area contributed by atoms with Gasteiger partial charge in [-0.15, -0.1) is 0 Å². The number of hydrogen-bond donors (Lipinski definition) is 0. The first kappa shape index (κ1) is 14.3. The Balaban J connectivity index is 1.63. The Morgan fingerprint density at radius 1 is 1.00 bits per heavy atom. The number of fused-ring (bicyclic) bond motifs is 2. The van der Waals surface area contributed by atoms with E-state index < -0.39 is 5.97 Å². The Kier molecular flexibility index (Phi) is 3.39. The lowest BCUT2D eigenvalue weighted by Gasteiger charge is -2.06. The number of methoxy groups -OCH3 is 1. The molecule has 0 saturated heterocycles. The quantitative estimate of drug-likeness (QED) is 0.427. The van der Waals surface area contributed by atoms with Crippen molar-refractivity contribution in [3.05, 3.63) is 72.7 Å². The van der Waals surface area contributed by atoms with Crippen LogP contribution in [0.3, 0.4) is 0 Å². The predicted octanol–water partition coefficient (Wildman–Crippen LogP) is 3.72. The minimum Gasteiger partial charge on any atom is -0.497 e.